The van der Waals surface area contributed by atoms with Gasteiger partial charge < -0.3 is 5.11 Å². The molecule has 0 heterocycles. The van der Waals surface area contributed by atoms with Gasteiger partial charge in [-0.05, 0) is 91.9 Å². The van der Waals surface area contributed by atoms with Crippen LogP contribution in [0.3, 0.4) is 0 Å². The Morgan fingerprint density at radius 2 is 1.57 bits per heavy atom. The van der Waals surface area contributed by atoms with Crippen LogP contribution >= 0.6 is 0 Å². The lowest BCUT2D eigenvalue weighted by atomic mass is 9.54. The predicted molar refractivity (Wildman–Crippen MR) is 116 cm³/mol. The third-order valence-corrected chi connectivity index (χ3v) is 6.84. The molecule has 0 unspecified atom stereocenters. The number of hydrogen-bond donors (Lipinski definition) is 1. The minimum atomic E-state index is -0.910. The van der Waals surface area contributed by atoms with Gasteiger partial charge in [-0.15, -0.1) is 0 Å². The van der Waals surface area contributed by atoms with E-state index in [0.717, 1.165) is 29.2 Å². The molecule has 0 atom stereocenters. The predicted octanol–water partition coefficient (Wildman–Crippen LogP) is 6.52. The molecular formula is C26H30O2. The molecule has 28 heavy (non-hydrogen) atoms. The van der Waals surface area contributed by atoms with Crippen LogP contribution in [0.5, 0.6) is 0 Å². The van der Waals surface area contributed by atoms with Gasteiger partial charge in [0.1, 0.15) is 0 Å². The van der Waals surface area contributed by atoms with Gasteiger partial charge in [0.05, 0.1) is 0 Å². The Morgan fingerprint density at radius 1 is 0.964 bits per heavy atom. The number of rotatable bonds is 5. The second kappa shape index (κ2) is 7.95. The van der Waals surface area contributed by atoms with Gasteiger partial charge in [-0.1, -0.05) is 54.1 Å². The van der Waals surface area contributed by atoms with Crippen LogP contribution in [-0.4, -0.2) is 11.1 Å². The number of benzene rings is 1. The fourth-order valence-corrected chi connectivity index (χ4v) is 5.68. The first-order valence-electron chi connectivity index (χ1n) is 10.6. The second-order valence-electron chi connectivity index (χ2n) is 9.01. The molecule has 146 valence electrons. The van der Waals surface area contributed by atoms with E-state index in [0.29, 0.717) is 0 Å². The zero-order valence-electron chi connectivity index (χ0n) is 16.9. The van der Waals surface area contributed by atoms with Crippen molar-refractivity contribution in [1.82, 2.24) is 0 Å². The maximum Gasteiger partial charge on any atom is 0.328 e. The Bertz CT molecular complexity index is 834. The standard InChI is InChI=1S/C26H30O2/c1-17(10-26(27)28)4-3-5-18(2)22-8-6-19(7-9-22)16-25-23-12-20-11-21(14-23)15-24(25)13-20/h3-10,16,20-21,23-24H,11-15H2,1-2H3,(H,27,28). The van der Waals surface area contributed by atoms with Gasteiger partial charge in [0.25, 0.3) is 0 Å². The van der Waals surface area contributed by atoms with Crippen molar-refractivity contribution < 1.29 is 9.90 Å². The van der Waals surface area contributed by atoms with Crippen molar-refractivity contribution in [2.24, 2.45) is 23.7 Å². The summed E-state index contributed by atoms with van der Waals surface area (Å²) >= 11 is 0. The van der Waals surface area contributed by atoms with Gasteiger partial charge in [-0.25, -0.2) is 4.79 Å². The molecule has 1 aromatic rings. The molecule has 0 aliphatic heterocycles. The first-order chi connectivity index (χ1) is 13.5. The highest BCUT2D eigenvalue weighted by atomic mass is 16.4. The lowest BCUT2D eigenvalue weighted by molar-refractivity contribution is -0.131. The molecule has 0 spiro atoms. The molecule has 2 heteroatoms. The number of carbonyl (C=O) groups is 1. The van der Waals surface area contributed by atoms with Crippen LogP contribution in [0.4, 0.5) is 0 Å². The van der Waals surface area contributed by atoms with E-state index in [-0.39, 0.29) is 0 Å². The summed E-state index contributed by atoms with van der Waals surface area (Å²) in [7, 11) is 0. The number of carboxylic acids is 1. The Kier molecular flexibility index (Phi) is 5.39. The molecule has 4 aliphatic rings. The van der Waals surface area contributed by atoms with Crippen molar-refractivity contribution in [3.8, 4) is 0 Å². The van der Waals surface area contributed by atoms with Gasteiger partial charge >= 0.3 is 5.97 Å². The number of aliphatic carboxylic acids is 1. The first kappa shape index (κ1) is 19.0. The molecule has 2 nitrogen and oxygen atoms in total. The van der Waals surface area contributed by atoms with Crippen LogP contribution in [0, 0.1) is 23.7 Å². The van der Waals surface area contributed by atoms with Crippen molar-refractivity contribution in [2.45, 2.75) is 46.0 Å². The molecule has 4 aliphatic carbocycles. The summed E-state index contributed by atoms with van der Waals surface area (Å²) in [6, 6.07) is 8.87. The summed E-state index contributed by atoms with van der Waals surface area (Å²) < 4.78 is 0. The minimum absolute atomic E-state index is 0.731. The van der Waals surface area contributed by atoms with Crippen LogP contribution in [0.2, 0.25) is 0 Å². The fourth-order valence-electron chi connectivity index (χ4n) is 5.68. The topological polar surface area (TPSA) is 37.3 Å². The van der Waals surface area contributed by atoms with E-state index in [1.165, 1.54) is 54.9 Å². The van der Waals surface area contributed by atoms with Crippen molar-refractivity contribution in [3.05, 3.63) is 70.8 Å². The second-order valence-corrected chi connectivity index (χ2v) is 9.01. The van der Waals surface area contributed by atoms with Crippen LogP contribution in [0.15, 0.2) is 59.7 Å². The number of carboxylic acid groups (broad SMARTS) is 1. The van der Waals surface area contributed by atoms with Crippen LogP contribution < -0.4 is 0 Å². The zero-order chi connectivity index (χ0) is 19.7. The monoisotopic (exact) mass is 374 g/mol. The van der Waals surface area contributed by atoms with E-state index in [9.17, 15) is 4.79 Å². The summed E-state index contributed by atoms with van der Waals surface area (Å²) in [6.45, 7) is 3.88. The van der Waals surface area contributed by atoms with E-state index >= 15 is 0 Å². The maximum absolute atomic E-state index is 10.7. The van der Waals surface area contributed by atoms with E-state index < -0.39 is 5.97 Å². The molecule has 0 aromatic heterocycles. The average molecular weight is 375 g/mol. The van der Waals surface area contributed by atoms with E-state index in [1.54, 1.807) is 12.5 Å². The third kappa shape index (κ3) is 4.22. The van der Waals surface area contributed by atoms with Gasteiger partial charge in [0.15, 0.2) is 0 Å². The van der Waals surface area contributed by atoms with E-state index in [4.69, 9.17) is 5.11 Å². The maximum atomic E-state index is 10.7. The number of hydrogen-bond acceptors (Lipinski definition) is 1. The molecule has 4 saturated carbocycles. The lowest BCUT2D eigenvalue weighted by Gasteiger charge is -2.51. The van der Waals surface area contributed by atoms with Crippen LogP contribution in [-0.2, 0) is 4.79 Å². The highest BCUT2D eigenvalue weighted by molar-refractivity contribution is 5.81. The van der Waals surface area contributed by atoms with Gasteiger partial charge in [-0.2, -0.15) is 0 Å². The number of allylic oxidation sites excluding steroid dienone is 6. The highest BCUT2D eigenvalue weighted by Gasteiger charge is 2.44. The SMILES string of the molecule is CC(C=CC=C(C)c1ccc(C=C2C3CC4CC(C3)CC2C4)cc1)=CC(=O)O. The first-order valence-corrected chi connectivity index (χ1v) is 10.6. The Balaban J connectivity index is 1.45. The summed E-state index contributed by atoms with van der Waals surface area (Å²) in [5, 5.41) is 8.75. The molecule has 0 saturated heterocycles. The smallest absolute Gasteiger partial charge is 0.328 e. The molecule has 1 aromatic carbocycles. The summed E-state index contributed by atoms with van der Waals surface area (Å²) in [4.78, 5) is 10.7. The van der Waals surface area contributed by atoms with Crippen LogP contribution in [0.1, 0.15) is 57.1 Å². The lowest BCUT2D eigenvalue weighted by Crippen LogP contribution is -2.40. The molecule has 4 fully saturated rings. The van der Waals surface area contributed by atoms with Gasteiger partial charge in [0.2, 0.25) is 0 Å². The Labute approximate surface area is 168 Å². The van der Waals surface area contributed by atoms with Crippen molar-refractivity contribution in [2.75, 3.05) is 0 Å². The zero-order valence-corrected chi connectivity index (χ0v) is 16.9. The molecule has 1 N–H and O–H groups in total. The van der Waals surface area contributed by atoms with Crippen molar-refractivity contribution >= 4 is 17.6 Å². The summed E-state index contributed by atoms with van der Waals surface area (Å²) in [5.41, 5.74) is 6.17. The van der Waals surface area contributed by atoms with E-state index in [1.807, 2.05) is 18.2 Å². The van der Waals surface area contributed by atoms with Gasteiger partial charge in [0, 0.05) is 6.08 Å². The molecule has 4 bridgehead atoms. The normalized spacial score (nSPS) is 29.6. The molecular weight excluding hydrogens is 344 g/mol. The molecule has 5 rings (SSSR count). The molecule has 0 radical (unpaired) electrons. The van der Waals surface area contributed by atoms with E-state index in [2.05, 4.69) is 37.3 Å². The fraction of sp³-hybridized carbons (Fsp3) is 0.423. The third-order valence-electron chi connectivity index (χ3n) is 6.84. The average Bonchev–Trinajstić information content (AvgIpc) is 2.64. The summed E-state index contributed by atoms with van der Waals surface area (Å²) in [6.07, 6.45) is 16.7. The van der Waals surface area contributed by atoms with Crippen molar-refractivity contribution in [1.29, 1.82) is 0 Å². The quantitative estimate of drug-likeness (QED) is 0.471. The summed E-state index contributed by atoms with van der Waals surface area (Å²) in [5.74, 6) is 2.81. The highest BCUT2D eigenvalue weighted by Crippen LogP contribution is 2.56. The minimum Gasteiger partial charge on any atom is -0.478 e. The van der Waals surface area contributed by atoms with Gasteiger partial charge in [-0.3, -0.25) is 0 Å². The largest absolute Gasteiger partial charge is 0.478 e. The van der Waals surface area contributed by atoms with Crippen LogP contribution in [0.25, 0.3) is 11.6 Å². The van der Waals surface area contributed by atoms with Crippen molar-refractivity contribution in [3.63, 3.8) is 0 Å². The Morgan fingerprint density at radius 3 is 2.14 bits per heavy atom. The molecule has 0 amide bonds. The Hall–Kier alpha value is -2.35.